The summed E-state index contributed by atoms with van der Waals surface area (Å²) in [6.07, 6.45) is 3.36. The highest BCUT2D eigenvalue weighted by molar-refractivity contribution is 5.85. The van der Waals surface area contributed by atoms with Crippen LogP contribution in [0.3, 0.4) is 0 Å². The zero-order chi connectivity index (χ0) is 13.2. The molecule has 1 saturated carbocycles. The molecule has 1 aliphatic heterocycles. The minimum Gasteiger partial charge on any atom is -0.314 e. The lowest BCUT2D eigenvalue weighted by atomic mass is 9.76. The third kappa shape index (κ3) is 3.86. The van der Waals surface area contributed by atoms with Gasteiger partial charge in [0.15, 0.2) is 0 Å². The second-order valence-corrected chi connectivity index (χ2v) is 5.56. The minimum absolute atomic E-state index is 0. The second kappa shape index (κ2) is 8.28. The van der Waals surface area contributed by atoms with Gasteiger partial charge in [0.25, 0.3) is 0 Å². The third-order valence-corrected chi connectivity index (χ3v) is 4.44. The van der Waals surface area contributed by atoms with Gasteiger partial charge in [-0.25, -0.2) is 8.78 Å². The van der Waals surface area contributed by atoms with Crippen LogP contribution in [0, 0.1) is 17.6 Å². The number of rotatable bonds is 3. The summed E-state index contributed by atoms with van der Waals surface area (Å²) in [6.45, 7) is 3.54. The van der Waals surface area contributed by atoms with Gasteiger partial charge in [-0.15, -0.1) is 24.8 Å². The molecule has 1 aromatic rings. The van der Waals surface area contributed by atoms with E-state index in [9.17, 15) is 8.78 Å². The van der Waals surface area contributed by atoms with Crippen molar-refractivity contribution in [1.82, 2.24) is 10.2 Å². The Morgan fingerprint density at radius 3 is 2.10 bits per heavy atom. The Kier molecular flexibility index (Phi) is 7.34. The van der Waals surface area contributed by atoms with Gasteiger partial charge in [0, 0.05) is 37.8 Å². The first-order valence-electron chi connectivity index (χ1n) is 7.16. The van der Waals surface area contributed by atoms with E-state index in [1.54, 1.807) is 0 Å². The van der Waals surface area contributed by atoms with Gasteiger partial charge in [0.2, 0.25) is 0 Å². The minimum atomic E-state index is -0.393. The zero-order valence-electron chi connectivity index (χ0n) is 11.9. The van der Waals surface area contributed by atoms with Gasteiger partial charge in [-0.3, -0.25) is 4.90 Å². The average Bonchev–Trinajstić information content (AvgIpc) is 2.36. The number of halogens is 4. The number of piperazine rings is 1. The van der Waals surface area contributed by atoms with Crippen molar-refractivity contribution in [3.05, 3.63) is 35.4 Å². The van der Waals surface area contributed by atoms with Crippen LogP contribution in [-0.4, -0.2) is 31.1 Å². The van der Waals surface area contributed by atoms with Crippen molar-refractivity contribution in [3.8, 4) is 0 Å². The Hall–Kier alpha value is -0.420. The zero-order valence-corrected chi connectivity index (χ0v) is 13.5. The molecule has 3 rings (SSSR count). The summed E-state index contributed by atoms with van der Waals surface area (Å²) >= 11 is 0. The van der Waals surface area contributed by atoms with Crippen molar-refractivity contribution in [2.24, 2.45) is 5.92 Å². The molecule has 1 saturated heterocycles. The highest BCUT2D eigenvalue weighted by Gasteiger charge is 2.36. The van der Waals surface area contributed by atoms with Crippen LogP contribution in [0.2, 0.25) is 0 Å². The Morgan fingerprint density at radius 1 is 1.05 bits per heavy atom. The van der Waals surface area contributed by atoms with E-state index in [1.807, 2.05) is 0 Å². The lowest BCUT2D eigenvalue weighted by Gasteiger charge is -2.43. The molecule has 0 bridgehead atoms. The van der Waals surface area contributed by atoms with Crippen LogP contribution >= 0.6 is 24.8 Å². The second-order valence-electron chi connectivity index (χ2n) is 5.56. The molecule has 2 aliphatic rings. The van der Waals surface area contributed by atoms with Crippen LogP contribution in [0.1, 0.15) is 30.9 Å². The number of benzene rings is 1. The molecule has 0 radical (unpaired) electrons. The van der Waals surface area contributed by atoms with E-state index in [4.69, 9.17) is 0 Å². The molecule has 1 heterocycles. The first kappa shape index (κ1) is 18.6. The summed E-state index contributed by atoms with van der Waals surface area (Å²) in [7, 11) is 0. The first-order valence-corrected chi connectivity index (χ1v) is 7.16. The summed E-state index contributed by atoms with van der Waals surface area (Å²) in [5.41, 5.74) is 0.286. The lowest BCUT2D eigenvalue weighted by molar-refractivity contribution is 0.0784. The first-order chi connectivity index (χ1) is 9.27. The van der Waals surface area contributed by atoms with E-state index in [-0.39, 0.29) is 36.4 Å². The van der Waals surface area contributed by atoms with Crippen LogP contribution in [0.5, 0.6) is 0 Å². The van der Waals surface area contributed by atoms with E-state index in [2.05, 4.69) is 10.2 Å². The predicted molar refractivity (Wildman–Crippen MR) is 85.4 cm³/mol. The van der Waals surface area contributed by atoms with Gasteiger partial charge in [0.1, 0.15) is 11.6 Å². The molecule has 2 nitrogen and oxygen atoms in total. The maximum absolute atomic E-state index is 14.1. The molecule has 2 fully saturated rings. The van der Waals surface area contributed by atoms with Crippen molar-refractivity contribution >= 4 is 24.8 Å². The third-order valence-electron chi connectivity index (χ3n) is 4.44. The molecular weight excluding hydrogens is 317 g/mol. The van der Waals surface area contributed by atoms with Gasteiger partial charge in [-0.2, -0.15) is 0 Å². The molecule has 0 aromatic heterocycles. The molecule has 21 heavy (non-hydrogen) atoms. The van der Waals surface area contributed by atoms with Gasteiger partial charge < -0.3 is 5.32 Å². The molecule has 1 aliphatic carbocycles. The van der Waals surface area contributed by atoms with Crippen LogP contribution in [0.4, 0.5) is 8.78 Å². The molecule has 0 amide bonds. The standard InChI is InChI=1S/C15H20F2N2.2ClH/c16-12-5-2-6-13(17)14(12)15(11-3-1-4-11)19-9-7-18-8-10-19;;/h2,5-6,11,15,18H,1,3-4,7-10H2;2*1H/t15-;;/m1../s1. The molecule has 1 N–H and O–H groups in total. The highest BCUT2D eigenvalue weighted by Crippen LogP contribution is 2.43. The summed E-state index contributed by atoms with van der Waals surface area (Å²) in [6, 6.07) is 4.12. The van der Waals surface area contributed by atoms with E-state index >= 15 is 0 Å². The van der Waals surface area contributed by atoms with Crippen LogP contribution in [0.25, 0.3) is 0 Å². The summed E-state index contributed by atoms with van der Waals surface area (Å²) in [4.78, 5) is 2.25. The number of hydrogen-bond acceptors (Lipinski definition) is 2. The van der Waals surface area contributed by atoms with E-state index in [1.165, 1.54) is 24.6 Å². The highest BCUT2D eigenvalue weighted by atomic mass is 35.5. The topological polar surface area (TPSA) is 15.3 Å². The van der Waals surface area contributed by atoms with Crippen molar-refractivity contribution in [2.75, 3.05) is 26.2 Å². The Labute approximate surface area is 137 Å². The Bertz CT molecular complexity index is 429. The van der Waals surface area contributed by atoms with Gasteiger partial charge in [-0.05, 0) is 30.9 Å². The fourth-order valence-electron chi connectivity index (χ4n) is 3.23. The molecule has 6 heteroatoms. The van der Waals surface area contributed by atoms with Gasteiger partial charge >= 0.3 is 0 Å². The fourth-order valence-corrected chi connectivity index (χ4v) is 3.23. The average molecular weight is 339 g/mol. The number of hydrogen-bond donors (Lipinski definition) is 1. The molecule has 120 valence electrons. The van der Waals surface area contributed by atoms with E-state index in [0.29, 0.717) is 5.92 Å². The molecule has 0 unspecified atom stereocenters. The maximum atomic E-state index is 14.1. The van der Waals surface area contributed by atoms with Gasteiger partial charge in [0.05, 0.1) is 0 Å². The quantitative estimate of drug-likeness (QED) is 0.906. The normalized spacial score (nSPS) is 20.9. The SMILES string of the molecule is Cl.Cl.Fc1cccc(F)c1[C@@H](C1CCC1)N1CCNCC1. The molecule has 1 atom stereocenters. The molecule has 0 spiro atoms. The Balaban J connectivity index is 0.00000110. The van der Waals surface area contributed by atoms with E-state index in [0.717, 1.165) is 39.0 Å². The van der Waals surface area contributed by atoms with Crippen molar-refractivity contribution in [2.45, 2.75) is 25.3 Å². The summed E-state index contributed by atoms with van der Waals surface area (Å²) in [5, 5.41) is 3.30. The van der Waals surface area contributed by atoms with Crippen LogP contribution in [-0.2, 0) is 0 Å². The number of nitrogens with zero attached hydrogens (tertiary/aromatic N) is 1. The van der Waals surface area contributed by atoms with Crippen molar-refractivity contribution in [1.29, 1.82) is 0 Å². The largest absolute Gasteiger partial charge is 0.314 e. The predicted octanol–water partition coefficient (Wildman–Crippen LogP) is 3.55. The van der Waals surface area contributed by atoms with Crippen molar-refractivity contribution < 1.29 is 8.78 Å². The number of nitrogens with one attached hydrogen (secondary N) is 1. The monoisotopic (exact) mass is 338 g/mol. The fraction of sp³-hybridized carbons (Fsp3) is 0.600. The van der Waals surface area contributed by atoms with Crippen LogP contribution < -0.4 is 5.32 Å². The van der Waals surface area contributed by atoms with Gasteiger partial charge in [-0.1, -0.05) is 12.5 Å². The van der Waals surface area contributed by atoms with E-state index < -0.39 is 11.6 Å². The van der Waals surface area contributed by atoms with Crippen LogP contribution in [0.15, 0.2) is 18.2 Å². The smallest absolute Gasteiger partial charge is 0.130 e. The van der Waals surface area contributed by atoms with Crippen molar-refractivity contribution in [3.63, 3.8) is 0 Å². The Morgan fingerprint density at radius 2 is 1.62 bits per heavy atom. The maximum Gasteiger partial charge on any atom is 0.130 e. The lowest BCUT2D eigenvalue weighted by Crippen LogP contribution is -2.48. The molecular formula is C15H22Cl2F2N2. The summed E-state index contributed by atoms with van der Waals surface area (Å²) in [5.74, 6) is -0.379. The molecule has 1 aromatic carbocycles. The summed E-state index contributed by atoms with van der Waals surface area (Å²) < 4.78 is 28.2.